The molecule has 2 amide bonds. The SMILES string of the molecule is CCN(C[C@H](C(=O)NO)[C@@H](CC(C)C)C(=O)N1CCOCC1)S(=O)(=O)c1ccc(OC)cc1. The number of hydrogen-bond donors (Lipinski definition) is 2. The highest BCUT2D eigenvalue weighted by molar-refractivity contribution is 7.89. The van der Waals surface area contributed by atoms with Crippen LogP contribution in [0.2, 0.25) is 0 Å². The number of nitrogens with one attached hydrogen (secondary N) is 1. The highest BCUT2D eigenvalue weighted by Crippen LogP contribution is 2.28. The minimum atomic E-state index is -3.95. The van der Waals surface area contributed by atoms with Crippen LogP contribution >= 0.6 is 0 Å². The Labute approximate surface area is 195 Å². The van der Waals surface area contributed by atoms with Crippen LogP contribution in [0, 0.1) is 17.8 Å². The Morgan fingerprint density at radius 3 is 2.27 bits per heavy atom. The molecule has 1 aromatic carbocycles. The number of sulfonamides is 1. The molecular formula is C22H35N3O7S. The second-order valence-electron chi connectivity index (χ2n) is 8.39. The number of ether oxygens (including phenoxy) is 2. The highest BCUT2D eigenvalue weighted by atomic mass is 32.2. The molecule has 1 saturated heterocycles. The summed E-state index contributed by atoms with van der Waals surface area (Å²) >= 11 is 0. The molecule has 2 N–H and O–H groups in total. The first-order valence-corrected chi connectivity index (χ1v) is 12.5. The van der Waals surface area contributed by atoms with E-state index in [1.54, 1.807) is 29.4 Å². The van der Waals surface area contributed by atoms with Gasteiger partial charge in [-0.05, 0) is 36.6 Å². The largest absolute Gasteiger partial charge is 0.497 e. The molecule has 1 aliphatic heterocycles. The standard InChI is InChI=1S/C22H35N3O7S/c1-5-25(33(29,30)18-8-6-17(31-4)7-9-18)15-20(21(26)23-28)19(14-16(2)3)22(27)24-10-12-32-13-11-24/h6-9,16,19-20,28H,5,10-15H2,1-4H3,(H,23,26)/t19-,20+/m1/s1. The Kier molecular flexibility index (Phi) is 10.1. The van der Waals surface area contributed by atoms with Gasteiger partial charge in [-0.3, -0.25) is 14.8 Å². The van der Waals surface area contributed by atoms with Gasteiger partial charge in [-0.15, -0.1) is 0 Å². The lowest BCUT2D eigenvalue weighted by atomic mass is 9.83. The minimum Gasteiger partial charge on any atom is -0.497 e. The zero-order chi connectivity index (χ0) is 24.6. The lowest BCUT2D eigenvalue weighted by molar-refractivity contribution is -0.148. The molecule has 1 fully saturated rings. The maximum absolute atomic E-state index is 13.4. The monoisotopic (exact) mass is 485 g/mol. The number of benzene rings is 1. The molecule has 2 rings (SSSR count). The molecule has 0 saturated carbocycles. The third-order valence-corrected chi connectivity index (χ3v) is 7.70. The fourth-order valence-electron chi connectivity index (χ4n) is 3.95. The molecule has 1 aromatic rings. The van der Waals surface area contributed by atoms with Crippen molar-refractivity contribution >= 4 is 21.8 Å². The highest BCUT2D eigenvalue weighted by Gasteiger charge is 2.40. The molecular weight excluding hydrogens is 450 g/mol. The lowest BCUT2D eigenvalue weighted by Gasteiger charge is -2.35. The molecule has 0 aromatic heterocycles. The van der Waals surface area contributed by atoms with E-state index in [2.05, 4.69) is 0 Å². The van der Waals surface area contributed by atoms with Crippen LogP contribution in [0.3, 0.4) is 0 Å². The van der Waals surface area contributed by atoms with Gasteiger partial charge in [0, 0.05) is 26.2 Å². The molecule has 186 valence electrons. The van der Waals surface area contributed by atoms with Gasteiger partial charge in [0.1, 0.15) is 5.75 Å². The molecule has 33 heavy (non-hydrogen) atoms. The summed E-state index contributed by atoms with van der Waals surface area (Å²) in [6.45, 7) is 6.99. The molecule has 0 spiro atoms. The topological polar surface area (TPSA) is 125 Å². The fraction of sp³-hybridized carbons (Fsp3) is 0.636. The van der Waals surface area contributed by atoms with Crippen LogP contribution in [0.25, 0.3) is 0 Å². The Morgan fingerprint density at radius 1 is 1.18 bits per heavy atom. The van der Waals surface area contributed by atoms with E-state index in [4.69, 9.17) is 9.47 Å². The van der Waals surface area contributed by atoms with Crippen molar-refractivity contribution in [3.63, 3.8) is 0 Å². The molecule has 0 radical (unpaired) electrons. The van der Waals surface area contributed by atoms with Crippen molar-refractivity contribution in [1.29, 1.82) is 0 Å². The number of morpholine rings is 1. The van der Waals surface area contributed by atoms with Crippen LogP contribution in [-0.4, -0.2) is 81.1 Å². The fourth-order valence-corrected chi connectivity index (χ4v) is 5.43. The molecule has 0 aliphatic carbocycles. The number of amides is 2. The van der Waals surface area contributed by atoms with E-state index in [-0.39, 0.29) is 29.8 Å². The summed E-state index contributed by atoms with van der Waals surface area (Å²) in [5.41, 5.74) is 1.64. The molecule has 0 unspecified atom stereocenters. The van der Waals surface area contributed by atoms with E-state index >= 15 is 0 Å². The Balaban J connectivity index is 2.37. The van der Waals surface area contributed by atoms with E-state index in [1.165, 1.54) is 19.2 Å². The average Bonchev–Trinajstić information content (AvgIpc) is 2.83. The third kappa shape index (κ3) is 6.89. The zero-order valence-electron chi connectivity index (χ0n) is 19.7. The first kappa shape index (κ1) is 27.0. The summed E-state index contributed by atoms with van der Waals surface area (Å²) < 4.78 is 38.2. The molecule has 11 heteroatoms. The minimum absolute atomic E-state index is 0.0493. The number of rotatable bonds is 11. The number of carbonyl (C=O) groups excluding carboxylic acids is 2. The number of hydroxylamine groups is 1. The van der Waals surface area contributed by atoms with Gasteiger partial charge in [-0.1, -0.05) is 20.8 Å². The Morgan fingerprint density at radius 2 is 1.79 bits per heavy atom. The summed E-state index contributed by atoms with van der Waals surface area (Å²) in [6, 6.07) is 5.95. The first-order chi connectivity index (χ1) is 15.6. The summed E-state index contributed by atoms with van der Waals surface area (Å²) in [7, 11) is -2.47. The summed E-state index contributed by atoms with van der Waals surface area (Å²) in [6.07, 6.45) is 0.369. The Bertz CT molecular complexity index is 884. The third-order valence-electron chi connectivity index (χ3n) is 5.75. The van der Waals surface area contributed by atoms with E-state index in [0.29, 0.717) is 38.5 Å². The van der Waals surface area contributed by atoms with Crippen molar-refractivity contribution in [1.82, 2.24) is 14.7 Å². The normalized spacial score (nSPS) is 16.5. The van der Waals surface area contributed by atoms with Crippen molar-refractivity contribution in [2.75, 3.05) is 46.5 Å². The van der Waals surface area contributed by atoms with Crippen LogP contribution in [0.4, 0.5) is 0 Å². The second kappa shape index (κ2) is 12.3. The summed E-state index contributed by atoms with van der Waals surface area (Å²) in [5.74, 6) is -2.30. The molecule has 2 atom stereocenters. The summed E-state index contributed by atoms with van der Waals surface area (Å²) in [5, 5.41) is 9.42. The first-order valence-electron chi connectivity index (χ1n) is 11.1. The van der Waals surface area contributed by atoms with Gasteiger partial charge in [-0.2, -0.15) is 4.31 Å². The van der Waals surface area contributed by atoms with Crippen LogP contribution in [0.1, 0.15) is 27.2 Å². The lowest BCUT2D eigenvalue weighted by Crippen LogP contribution is -2.51. The van der Waals surface area contributed by atoms with Gasteiger partial charge in [0.2, 0.25) is 21.8 Å². The molecule has 1 heterocycles. The van der Waals surface area contributed by atoms with E-state index in [0.717, 1.165) is 4.31 Å². The van der Waals surface area contributed by atoms with Gasteiger partial charge in [-0.25, -0.2) is 13.9 Å². The smallest absolute Gasteiger partial charge is 0.248 e. The number of hydrogen-bond acceptors (Lipinski definition) is 7. The van der Waals surface area contributed by atoms with Crippen molar-refractivity contribution in [3.8, 4) is 5.75 Å². The molecule has 10 nitrogen and oxygen atoms in total. The predicted molar refractivity (Wildman–Crippen MR) is 121 cm³/mol. The number of nitrogens with zero attached hydrogens (tertiary/aromatic N) is 2. The molecule has 0 bridgehead atoms. The van der Waals surface area contributed by atoms with E-state index in [9.17, 15) is 23.2 Å². The van der Waals surface area contributed by atoms with Gasteiger partial charge in [0.05, 0.1) is 37.1 Å². The van der Waals surface area contributed by atoms with Gasteiger partial charge >= 0.3 is 0 Å². The van der Waals surface area contributed by atoms with Crippen LogP contribution in [0.5, 0.6) is 5.75 Å². The van der Waals surface area contributed by atoms with Crippen LogP contribution in [0.15, 0.2) is 29.2 Å². The number of methoxy groups -OCH3 is 1. The van der Waals surface area contributed by atoms with Crippen molar-refractivity contribution in [2.24, 2.45) is 17.8 Å². The van der Waals surface area contributed by atoms with Crippen LogP contribution in [-0.2, 0) is 24.3 Å². The average molecular weight is 486 g/mol. The quantitative estimate of drug-likeness (QED) is 0.358. The van der Waals surface area contributed by atoms with Crippen LogP contribution < -0.4 is 10.2 Å². The maximum atomic E-state index is 13.4. The zero-order valence-corrected chi connectivity index (χ0v) is 20.5. The van der Waals surface area contributed by atoms with Gasteiger partial charge < -0.3 is 14.4 Å². The van der Waals surface area contributed by atoms with Gasteiger partial charge in [0.15, 0.2) is 0 Å². The van der Waals surface area contributed by atoms with E-state index < -0.39 is 27.8 Å². The van der Waals surface area contributed by atoms with Crippen molar-refractivity contribution in [3.05, 3.63) is 24.3 Å². The second-order valence-corrected chi connectivity index (χ2v) is 10.3. The number of carbonyl (C=O) groups is 2. The van der Waals surface area contributed by atoms with E-state index in [1.807, 2.05) is 13.8 Å². The van der Waals surface area contributed by atoms with Crippen molar-refractivity contribution in [2.45, 2.75) is 32.1 Å². The molecule has 1 aliphatic rings. The Hall–Kier alpha value is -2.21. The predicted octanol–water partition coefficient (Wildman–Crippen LogP) is 1.35. The van der Waals surface area contributed by atoms with Crippen molar-refractivity contribution < 1.29 is 32.7 Å². The maximum Gasteiger partial charge on any atom is 0.248 e. The summed E-state index contributed by atoms with van der Waals surface area (Å²) in [4.78, 5) is 27.8. The van der Waals surface area contributed by atoms with Gasteiger partial charge in [0.25, 0.3) is 0 Å².